The minimum absolute atomic E-state index is 0.0415. The molecule has 0 spiro atoms. The van der Waals surface area contributed by atoms with E-state index in [1.54, 1.807) is 0 Å². The number of anilines is 1. The summed E-state index contributed by atoms with van der Waals surface area (Å²) in [6.45, 7) is 7.32. The Morgan fingerprint density at radius 1 is 0.967 bits per heavy atom. The summed E-state index contributed by atoms with van der Waals surface area (Å²) >= 11 is 1.20. The highest BCUT2D eigenvalue weighted by Crippen LogP contribution is 2.42. The van der Waals surface area contributed by atoms with Crippen molar-refractivity contribution >= 4 is 39.6 Å². The molecule has 0 amide bonds. The fraction of sp³-hybridized carbons (Fsp3) is 0. The fourth-order valence-corrected chi connectivity index (χ4v) is 4.86. The van der Waals surface area contributed by atoms with Gasteiger partial charge in [0.25, 0.3) is 10.0 Å². The van der Waals surface area contributed by atoms with Crippen LogP contribution in [0.4, 0.5) is 14.5 Å². The molecule has 0 atom stereocenters. The number of sulfonamides is 1. The Hall–Kier alpha value is -3.10. The number of phenolic OH excluding ortho intramolecular Hbond substituents is 1. The molecule has 3 aromatic rings. The van der Waals surface area contributed by atoms with Gasteiger partial charge in [-0.3, -0.25) is 4.72 Å². The molecule has 0 heterocycles. The molecule has 0 aromatic heterocycles. The Bertz CT molecular complexity index is 1230. The van der Waals surface area contributed by atoms with Crippen molar-refractivity contribution in [2.45, 2.75) is 14.7 Å². The van der Waals surface area contributed by atoms with Gasteiger partial charge in [-0.05, 0) is 36.4 Å². The zero-order valence-corrected chi connectivity index (χ0v) is 17.2. The molecule has 8 heteroatoms. The third-order valence-corrected chi connectivity index (χ3v) is 6.57. The summed E-state index contributed by atoms with van der Waals surface area (Å²) in [6, 6.07) is 12.7. The highest BCUT2D eigenvalue weighted by molar-refractivity contribution is 7.99. The van der Waals surface area contributed by atoms with Crippen molar-refractivity contribution in [1.29, 1.82) is 0 Å². The summed E-state index contributed by atoms with van der Waals surface area (Å²) in [6.07, 6.45) is 2.70. The molecule has 0 fully saturated rings. The Kier molecular flexibility index (Phi) is 6.28. The lowest BCUT2D eigenvalue weighted by Gasteiger charge is -2.17. The first-order valence-corrected chi connectivity index (χ1v) is 10.9. The molecule has 3 rings (SSSR count). The fourth-order valence-electron chi connectivity index (χ4n) is 2.77. The summed E-state index contributed by atoms with van der Waals surface area (Å²) in [5, 5.41) is 10.7. The van der Waals surface area contributed by atoms with Crippen LogP contribution in [-0.4, -0.2) is 13.5 Å². The standard InChI is InChI=1S/C22H17F2NO3S2/c1-3-16-17(4-2)22(26)20(29-15-8-6-5-7-9-15)13-19(16)25-30(27,28)21-12-14(23)10-11-18(21)24/h3-13,25-26H,1-2H2. The van der Waals surface area contributed by atoms with E-state index >= 15 is 0 Å². The third-order valence-electron chi connectivity index (χ3n) is 4.15. The van der Waals surface area contributed by atoms with Crippen LogP contribution in [0.5, 0.6) is 5.75 Å². The molecule has 3 aromatic carbocycles. The van der Waals surface area contributed by atoms with Gasteiger partial charge in [-0.1, -0.05) is 55.3 Å². The van der Waals surface area contributed by atoms with E-state index in [1.807, 2.05) is 30.3 Å². The van der Waals surface area contributed by atoms with Crippen LogP contribution in [0.2, 0.25) is 0 Å². The van der Waals surface area contributed by atoms with Gasteiger partial charge in [-0.2, -0.15) is 0 Å². The van der Waals surface area contributed by atoms with Crippen molar-refractivity contribution in [3.05, 3.63) is 90.5 Å². The smallest absolute Gasteiger partial charge is 0.264 e. The summed E-state index contributed by atoms with van der Waals surface area (Å²) < 4.78 is 55.3. The van der Waals surface area contributed by atoms with Gasteiger partial charge >= 0.3 is 0 Å². The SMILES string of the molecule is C=Cc1c(NS(=O)(=O)c2cc(F)ccc2F)cc(Sc2ccccc2)c(O)c1C=C. The van der Waals surface area contributed by atoms with Gasteiger partial charge in [0.05, 0.1) is 10.6 Å². The highest BCUT2D eigenvalue weighted by atomic mass is 32.2. The molecule has 0 aliphatic rings. The van der Waals surface area contributed by atoms with E-state index in [1.165, 1.54) is 30.0 Å². The van der Waals surface area contributed by atoms with Crippen LogP contribution in [0.1, 0.15) is 11.1 Å². The average Bonchev–Trinajstić information content (AvgIpc) is 2.72. The molecule has 0 aliphatic carbocycles. The molecule has 30 heavy (non-hydrogen) atoms. The van der Waals surface area contributed by atoms with Crippen LogP contribution >= 0.6 is 11.8 Å². The molecule has 0 radical (unpaired) electrons. The van der Waals surface area contributed by atoms with Gasteiger partial charge in [0.15, 0.2) is 0 Å². The second-order valence-corrected chi connectivity index (χ2v) is 8.87. The van der Waals surface area contributed by atoms with Gasteiger partial charge < -0.3 is 5.11 Å². The number of rotatable bonds is 7. The van der Waals surface area contributed by atoms with E-state index in [0.717, 1.165) is 17.0 Å². The first-order chi connectivity index (χ1) is 14.3. The lowest BCUT2D eigenvalue weighted by molar-refractivity contribution is 0.461. The number of aromatic hydroxyl groups is 1. The lowest BCUT2D eigenvalue weighted by Crippen LogP contribution is -2.16. The minimum atomic E-state index is -4.46. The maximum atomic E-state index is 14.1. The zero-order valence-electron chi connectivity index (χ0n) is 15.6. The largest absolute Gasteiger partial charge is 0.506 e. The molecule has 0 bridgehead atoms. The monoisotopic (exact) mass is 445 g/mol. The minimum Gasteiger partial charge on any atom is -0.506 e. The van der Waals surface area contributed by atoms with Gasteiger partial charge in [-0.15, -0.1) is 0 Å². The molecule has 154 valence electrons. The Balaban J connectivity index is 2.13. The zero-order chi connectivity index (χ0) is 21.9. The molecule has 0 aliphatic heterocycles. The van der Waals surface area contributed by atoms with E-state index in [-0.39, 0.29) is 22.6 Å². The van der Waals surface area contributed by atoms with Crippen molar-refractivity contribution in [2.24, 2.45) is 0 Å². The first-order valence-electron chi connectivity index (χ1n) is 8.62. The topological polar surface area (TPSA) is 66.4 Å². The number of hydrogen-bond donors (Lipinski definition) is 2. The molecule has 4 nitrogen and oxygen atoms in total. The van der Waals surface area contributed by atoms with E-state index in [9.17, 15) is 22.3 Å². The molecule has 0 saturated carbocycles. The van der Waals surface area contributed by atoms with Crippen LogP contribution in [-0.2, 0) is 10.0 Å². The van der Waals surface area contributed by atoms with Gasteiger partial charge in [-0.25, -0.2) is 17.2 Å². The molecular formula is C22H17F2NO3S2. The van der Waals surface area contributed by atoms with Crippen molar-refractivity contribution in [1.82, 2.24) is 0 Å². The van der Waals surface area contributed by atoms with E-state index in [4.69, 9.17) is 0 Å². The molecule has 0 unspecified atom stereocenters. The van der Waals surface area contributed by atoms with E-state index in [0.29, 0.717) is 11.0 Å². The maximum absolute atomic E-state index is 14.1. The van der Waals surface area contributed by atoms with Crippen LogP contribution in [0.15, 0.2) is 82.4 Å². The first kappa shape index (κ1) is 21.6. The average molecular weight is 446 g/mol. The maximum Gasteiger partial charge on any atom is 0.264 e. The van der Waals surface area contributed by atoms with Crippen LogP contribution in [0, 0.1) is 11.6 Å². The van der Waals surface area contributed by atoms with Crippen molar-refractivity contribution in [3.8, 4) is 5.75 Å². The van der Waals surface area contributed by atoms with Crippen LogP contribution in [0.3, 0.4) is 0 Å². The number of halogens is 2. The van der Waals surface area contributed by atoms with Crippen LogP contribution in [0.25, 0.3) is 12.2 Å². The predicted octanol–water partition coefficient (Wildman–Crippen LogP) is 5.91. The van der Waals surface area contributed by atoms with E-state index in [2.05, 4.69) is 17.9 Å². The number of hydrogen-bond acceptors (Lipinski definition) is 4. The number of nitrogens with one attached hydrogen (secondary N) is 1. The van der Waals surface area contributed by atoms with Crippen molar-refractivity contribution < 1.29 is 22.3 Å². The van der Waals surface area contributed by atoms with Crippen molar-refractivity contribution in [3.63, 3.8) is 0 Å². The summed E-state index contributed by atoms with van der Waals surface area (Å²) in [5.41, 5.74) is 0.545. The molecular weight excluding hydrogens is 428 g/mol. The highest BCUT2D eigenvalue weighted by Gasteiger charge is 2.23. The van der Waals surface area contributed by atoms with Crippen molar-refractivity contribution in [2.75, 3.05) is 4.72 Å². The predicted molar refractivity (Wildman–Crippen MR) is 116 cm³/mol. The second kappa shape index (κ2) is 8.73. The third kappa shape index (κ3) is 4.39. The Labute approximate surface area is 177 Å². The summed E-state index contributed by atoms with van der Waals surface area (Å²) in [4.78, 5) is 0.321. The molecule has 0 saturated heterocycles. The number of phenols is 1. The Morgan fingerprint density at radius 3 is 2.27 bits per heavy atom. The second-order valence-electron chi connectivity index (χ2n) is 6.10. The van der Waals surface area contributed by atoms with Gasteiger partial charge in [0.2, 0.25) is 0 Å². The van der Waals surface area contributed by atoms with E-state index < -0.39 is 26.6 Å². The van der Waals surface area contributed by atoms with Crippen LogP contribution < -0.4 is 4.72 Å². The normalized spacial score (nSPS) is 11.1. The molecule has 2 N–H and O–H groups in total. The summed E-state index contributed by atoms with van der Waals surface area (Å²) in [5.74, 6) is -2.09. The Morgan fingerprint density at radius 2 is 1.63 bits per heavy atom. The van der Waals surface area contributed by atoms with Gasteiger partial charge in [0, 0.05) is 16.0 Å². The number of benzene rings is 3. The van der Waals surface area contributed by atoms with Gasteiger partial charge in [0.1, 0.15) is 22.3 Å². The quantitative estimate of drug-likeness (QED) is 0.444. The lowest BCUT2D eigenvalue weighted by atomic mass is 10.0. The summed E-state index contributed by atoms with van der Waals surface area (Å²) in [7, 11) is -4.46.